The van der Waals surface area contributed by atoms with E-state index in [1.807, 2.05) is 0 Å². The van der Waals surface area contributed by atoms with E-state index in [2.05, 4.69) is 0 Å². The second kappa shape index (κ2) is 2.53. The van der Waals surface area contributed by atoms with Crippen LogP contribution in [-0.4, -0.2) is 34.8 Å². The van der Waals surface area contributed by atoms with Crippen molar-refractivity contribution in [3.05, 3.63) is 29.8 Å². The minimum Gasteiger partial charge on any atom is -0.345 e. The lowest BCUT2D eigenvalue weighted by molar-refractivity contribution is -0.0330. The Morgan fingerprint density at radius 1 is 1.31 bits per heavy atom. The maximum absolute atomic E-state index is 12.0. The molecule has 1 aromatic carbocycles. The van der Waals surface area contributed by atoms with Crippen LogP contribution in [0.15, 0.2) is 24.3 Å². The van der Waals surface area contributed by atoms with E-state index >= 15 is 0 Å². The number of carbonyl (C=O) groups is 2. The molecule has 2 aliphatic heterocycles. The van der Waals surface area contributed by atoms with Gasteiger partial charge in [-0.25, -0.2) is 4.79 Å². The van der Waals surface area contributed by atoms with E-state index in [1.54, 1.807) is 24.3 Å². The number of carbonyl (C=O) groups excluding carboxylic acids is 2. The highest BCUT2D eigenvalue weighted by molar-refractivity contribution is 6.14. The number of nitrogens with zero attached hydrogens (tertiary/aromatic N) is 2. The lowest BCUT2D eigenvalue weighted by Gasteiger charge is -2.25. The number of ketones is 1. The summed E-state index contributed by atoms with van der Waals surface area (Å²) >= 11 is 0. The Bertz CT molecular complexity index is 515. The Morgan fingerprint density at radius 3 is 2.75 bits per heavy atom. The third-order valence-corrected chi connectivity index (χ3v) is 2.87. The lowest BCUT2D eigenvalue weighted by Crippen LogP contribution is -2.54. The van der Waals surface area contributed by atoms with Gasteiger partial charge < -0.3 is 9.94 Å². The van der Waals surface area contributed by atoms with Crippen LogP contribution in [0.4, 0.5) is 10.5 Å². The number of anilines is 1. The van der Waals surface area contributed by atoms with Crippen LogP contribution in [0.3, 0.4) is 0 Å². The zero-order chi connectivity index (χ0) is 11.5. The number of hydroxylamine groups is 1. The summed E-state index contributed by atoms with van der Waals surface area (Å²) in [4.78, 5) is 29.0. The van der Waals surface area contributed by atoms with Crippen LogP contribution in [0.5, 0.6) is 0 Å². The quantitative estimate of drug-likeness (QED) is 0.682. The number of para-hydroxylation sites is 1. The van der Waals surface area contributed by atoms with Crippen LogP contribution in [0.25, 0.3) is 0 Å². The first-order chi connectivity index (χ1) is 7.56. The Labute approximate surface area is 90.6 Å². The predicted molar refractivity (Wildman–Crippen MR) is 52.4 cm³/mol. The first-order valence-electron chi connectivity index (χ1n) is 4.69. The van der Waals surface area contributed by atoms with E-state index in [1.165, 1.54) is 7.05 Å². The van der Waals surface area contributed by atoms with Crippen molar-refractivity contribution in [1.82, 2.24) is 4.90 Å². The molecule has 82 valence electrons. The molecule has 0 aliphatic carbocycles. The van der Waals surface area contributed by atoms with Crippen molar-refractivity contribution in [2.24, 2.45) is 0 Å². The van der Waals surface area contributed by atoms with Crippen molar-refractivity contribution in [3.63, 3.8) is 0 Å². The number of rotatable bonds is 0. The Balaban J connectivity index is 2.24. The molecule has 1 aromatic rings. The molecule has 1 fully saturated rings. The fraction of sp³-hybridized carbons (Fsp3) is 0.200. The highest BCUT2D eigenvalue weighted by Crippen LogP contribution is 2.42. The minimum atomic E-state index is -2.04. The van der Waals surface area contributed by atoms with Gasteiger partial charge in [0.25, 0.3) is 0 Å². The van der Waals surface area contributed by atoms with E-state index in [0.717, 1.165) is 9.96 Å². The monoisotopic (exact) mass is 220 g/mol. The van der Waals surface area contributed by atoms with Gasteiger partial charge in [0.15, 0.2) is 0 Å². The number of amides is 1. The number of Topliss-reactive ketones (excluding diaryl/α,β-unsaturated/α-hetero) is 1. The van der Waals surface area contributed by atoms with Crippen LogP contribution in [0.2, 0.25) is 0 Å². The molecule has 0 aromatic heterocycles. The molecule has 0 radical (unpaired) electrons. The average Bonchev–Trinajstić information content (AvgIpc) is 2.65. The van der Waals surface area contributed by atoms with Crippen molar-refractivity contribution >= 4 is 17.6 Å². The molecule has 16 heavy (non-hydrogen) atoms. The molecular formula is C10H8N2O4. The maximum atomic E-state index is 12.0. The number of hydrogen-bond donors (Lipinski definition) is 1. The number of hydrogen-bond acceptors (Lipinski definition) is 5. The molecule has 6 heteroatoms. The van der Waals surface area contributed by atoms with Gasteiger partial charge in [0.1, 0.15) is 0 Å². The minimum absolute atomic E-state index is 0.337. The van der Waals surface area contributed by atoms with Crippen molar-refractivity contribution in [2.75, 3.05) is 12.1 Å². The lowest BCUT2D eigenvalue weighted by atomic mass is 10.1. The standard InChI is InChI=1S/C10H8N2O4/c1-11-9(14)16-12-7-5-3-2-4-6(7)8(13)10(11,12)15/h2-5,15H,1H3/t10-/m0/s1. The first-order valence-corrected chi connectivity index (χ1v) is 4.69. The number of aliphatic hydroxyl groups is 1. The van der Waals surface area contributed by atoms with E-state index in [4.69, 9.17) is 4.84 Å². The smallest absolute Gasteiger partial charge is 0.345 e. The van der Waals surface area contributed by atoms with Crippen LogP contribution >= 0.6 is 0 Å². The Morgan fingerprint density at radius 2 is 2.00 bits per heavy atom. The molecule has 6 nitrogen and oxygen atoms in total. The van der Waals surface area contributed by atoms with Gasteiger partial charge in [-0.2, -0.15) is 0 Å². The Hall–Kier alpha value is -2.08. The summed E-state index contributed by atoms with van der Waals surface area (Å²) in [6.45, 7) is 0. The maximum Gasteiger partial charge on any atom is 0.438 e. The van der Waals surface area contributed by atoms with Gasteiger partial charge >= 0.3 is 11.9 Å². The molecule has 1 N–H and O–H groups in total. The molecule has 0 bridgehead atoms. The van der Waals surface area contributed by atoms with Crippen molar-refractivity contribution in [1.29, 1.82) is 0 Å². The van der Waals surface area contributed by atoms with E-state index in [9.17, 15) is 14.7 Å². The Kier molecular flexibility index (Phi) is 1.45. The van der Waals surface area contributed by atoms with Crippen LogP contribution in [0.1, 0.15) is 10.4 Å². The van der Waals surface area contributed by atoms with Crippen LogP contribution in [0, 0.1) is 0 Å². The zero-order valence-electron chi connectivity index (χ0n) is 8.38. The van der Waals surface area contributed by atoms with E-state index < -0.39 is 17.7 Å². The van der Waals surface area contributed by atoms with Crippen molar-refractivity contribution < 1.29 is 19.5 Å². The first kappa shape index (κ1) is 9.17. The average molecular weight is 220 g/mol. The summed E-state index contributed by atoms with van der Waals surface area (Å²) in [6.07, 6.45) is -0.759. The fourth-order valence-electron chi connectivity index (χ4n) is 1.95. The summed E-state index contributed by atoms with van der Waals surface area (Å²) in [5.74, 6) is -2.60. The van der Waals surface area contributed by atoms with Gasteiger partial charge in [-0.05, 0) is 12.1 Å². The summed E-state index contributed by atoms with van der Waals surface area (Å²) in [7, 11) is 1.31. The molecule has 0 saturated carbocycles. The summed E-state index contributed by atoms with van der Waals surface area (Å²) < 4.78 is 0. The second-order valence-corrected chi connectivity index (χ2v) is 3.69. The fourth-order valence-corrected chi connectivity index (χ4v) is 1.95. The highest BCUT2D eigenvalue weighted by Gasteiger charge is 2.62. The normalized spacial score (nSPS) is 26.9. The number of fused-ring (bicyclic) bond motifs is 3. The second-order valence-electron chi connectivity index (χ2n) is 3.69. The van der Waals surface area contributed by atoms with Gasteiger partial charge in [-0.15, -0.1) is 5.06 Å². The van der Waals surface area contributed by atoms with E-state index in [0.29, 0.717) is 11.3 Å². The molecule has 1 amide bonds. The molecule has 0 spiro atoms. The predicted octanol–water partition coefficient (Wildman–Crippen LogP) is 0.332. The summed E-state index contributed by atoms with van der Waals surface area (Å²) in [5, 5.41) is 11.2. The van der Waals surface area contributed by atoms with Gasteiger partial charge in [-0.3, -0.25) is 9.69 Å². The highest BCUT2D eigenvalue weighted by atomic mass is 16.8. The molecular weight excluding hydrogens is 212 g/mol. The molecule has 1 atom stereocenters. The summed E-state index contributed by atoms with van der Waals surface area (Å²) in [6, 6.07) is 6.57. The third-order valence-electron chi connectivity index (χ3n) is 2.87. The topological polar surface area (TPSA) is 70.1 Å². The van der Waals surface area contributed by atoms with Crippen molar-refractivity contribution in [3.8, 4) is 0 Å². The van der Waals surface area contributed by atoms with Gasteiger partial charge in [0.2, 0.25) is 5.78 Å². The van der Waals surface area contributed by atoms with Gasteiger partial charge in [-0.1, -0.05) is 12.1 Å². The molecule has 2 heterocycles. The zero-order valence-corrected chi connectivity index (χ0v) is 8.38. The van der Waals surface area contributed by atoms with Crippen LogP contribution in [-0.2, 0) is 4.84 Å². The largest absolute Gasteiger partial charge is 0.438 e. The SMILES string of the molecule is CN1C(=O)ON2c3ccccc3C(=O)[C@]12O. The van der Waals surface area contributed by atoms with Gasteiger partial charge in [0.05, 0.1) is 11.3 Å². The number of likely N-dealkylation sites (N-methyl/N-ethyl adjacent to an activating group) is 1. The summed E-state index contributed by atoms with van der Waals surface area (Å²) in [5.41, 5.74) is 0.733. The molecule has 1 saturated heterocycles. The van der Waals surface area contributed by atoms with Crippen molar-refractivity contribution in [2.45, 2.75) is 5.85 Å². The molecule has 0 unspecified atom stereocenters. The number of benzene rings is 1. The third kappa shape index (κ3) is 0.772. The van der Waals surface area contributed by atoms with Gasteiger partial charge in [0, 0.05) is 7.05 Å². The molecule has 2 aliphatic rings. The van der Waals surface area contributed by atoms with E-state index in [-0.39, 0.29) is 0 Å². The molecule has 3 rings (SSSR count). The van der Waals surface area contributed by atoms with Crippen LogP contribution < -0.4 is 5.06 Å².